The van der Waals surface area contributed by atoms with Crippen LogP contribution in [-0.4, -0.2) is 60.5 Å². The zero-order valence-electron chi connectivity index (χ0n) is 10.7. The van der Waals surface area contributed by atoms with Crippen LogP contribution in [0.2, 0.25) is 0 Å². The van der Waals surface area contributed by atoms with E-state index in [2.05, 4.69) is 15.0 Å². The average Bonchev–Trinajstić information content (AvgIpc) is 2.40. The van der Waals surface area contributed by atoms with Gasteiger partial charge < -0.3 is 15.0 Å². The number of oxime groups is 1. The zero-order valence-corrected chi connectivity index (χ0v) is 10.7. The Bertz CT molecular complexity index is 231. The molecule has 4 nitrogen and oxygen atoms in total. The molecular weight excluding hydrogens is 214 g/mol. The summed E-state index contributed by atoms with van der Waals surface area (Å²) in [5.74, 6) is 0.492. The fourth-order valence-corrected chi connectivity index (χ4v) is 2.89. The van der Waals surface area contributed by atoms with Gasteiger partial charge in [0.15, 0.2) is 0 Å². The van der Waals surface area contributed by atoms with Gasteiger partial charge in [-0.05, 0) is 57.8 Å². The van der Waals surface area contributed by atoms with Crippen molar-refractivity contribution in [3.8, 4) is 0 Å². The van der Waals surface area contributed by atoms with Gasteiger partial charge in [-0.1, -0.05) is 6.42 Å². The van der Waals surface area contributed by atoms with Crippen molar-refractivity contribution < 1.29 is 5.21 Å². The molecule has 2 aliphatic rings. The van der Waals surface area contributed by atoms with Gasteiger partial charge in [-0.15, -0.1) is 5.16 Å². The normalized spacial score (nSPS) is 25.6. The van der Waals surface area contributed by atoms with Crippen LogP contribution in [0, 0.1) is 5.92 Å². The van der Waals surface area contributed by atoms with Gasteiger partial charge in [-0.2, -0.15) is 0 Å². The maximum atomic E-state index is 8.51. The summed E-state index contributed by atoms with van der Waals surface area (Å²) < 4.78 is 0. The van der Waals surface area contributed by atoms with E-state index in [-0.39, 0.29) is 0 Å². The van der Waals surface area contributed by atoms with E-state index in [1.165, 1.54) is 45.4 Å². The molecule has 0 aromatic carbocycles. The maximum Gasteiger partial charge on any atom is 0.0467 e. The standard InChI is InChI=1S/C13H25N3O/c17-14-12-13-4-8-16(9-5-13)11-10-15-6-2-1-3-7-15/h12-13,17H,1-11H2. The lowest BCUT2D eigenvalue weighted by Crippen LogP contribution is -2.41. The van der Waals surface area contributed by atoms with Gasteiger partial charge in [0, 0.05) is 19.3 Å². The van der Waals surface area contributed by atoms with E-state index < -0.39 is 0 Å². The third-order valence-electron chi connectivity index (χ3n) is 4.09. The molecule has 0 aromatic rings. The minimum Gasteiger partial charge on any atom is -0.411 e. The van der Waals surface area contributed by atoms with Crippen LogP contribution in [0.1, 0.15) is 32.1 Å². The molecule has 0 radical (unpaired) electrons. The van der Waals surface area contributed by atoms with Crippen molar-refractivity contribution in [2.24, 2.45) is 11.1 Å². The third-order valence-corrected chi connectivity index (χ3v) is 4.09. The first-order chi connectivity index (χ1) is 8.38. The van der Waals surface area contributed by atoms with E-state index in [0.29, 0.717) is 5.92 Å². The fourth-order valence-electron chi connectivity index (χ4n) is 2.89. The molecule has 17 heavy (non-hydrogen) atoms. The highest BCUT2D eigenvalue weighted by molar-refractivity contribution is 5.59. The first-order valence-corrected chi connectivity index (χ1v) is 7.01. The Morgan fingerprint density at radius 1 is 0.941 bits per heavy atom. The summed E-state index contributed by atoms with van der Waals surface area (Å²) in [6.45, 7) is 7.36. The van der Waals surface area contributed by atoms with Crippen LogP contribution in [0.4, 0.5) is 0 Å². The van der Waals surface area contributed by atoms with Gasteiger partial charge in [0.1, 0.15) is 0 Å². The number of hydrogen-bond donors (Lipinski definition) is 1. The van der Waals surface area contributed by atoms with Crippen molar-refractivity contribution in [3.63, 3.8) is 0 Å². The molecule has 1 N–H and O–H groups in total. The molecule has 0 aliphatic carbocycles. The first kappa shape index (κ1) is 12.8. The van der Waals surface area contributed by atoms with Gasteiger partial charge in [-0.25, -0.2) is 0 Å². The molecule has 2 aliphatic heterocycles. The smallest absolute Gasteiger partial charge is 0.0467 e. The Labute approximate surface area is 104 Å². The minimum absolute atomic E-state index is 0.492. The van der Waals surface area contributed by atoms with E-state index >= 15 is 0 Å². The molecule has 4 heteroatoms. The highest BCUT2D eigenvalue weighted by Gasteiger charge is 2.18. The lowest BCUT2D eigenvalue weighted by molar-refractivity contribution is 0.158. The van der Waals surface area contributed by atoms with Gasteiger partial charge >= 0.3 is 0 Å². The van der Waals surface area contributed by atoms with E-state index in [9.17, 15) is 0 Å². The van der Waals surface area contributed by atoms with E-state index in [0.717, 1.165) is 25.9 Å². The topological polar surface area (TPSA) is 39.1 Å². The molecule has 0 amide bonds. The lowest BCUT2D eigenvalue weighted by Gasteiger charge is -2.33. The molecule has 0 bridgehead atoms. The van der Waals surface area contributed by atoms with Crippen molar-refractivity contribution in [1.29, 1.82) is 0 Å². The summed E-state index contributed by atoms with van der Waals surface area (Å²) >= 11 is 0. The SMILES string of the molecule is ON=CC1CCN(CCN2CCCCC2)CC1. The molecule has 0 aromatic heterocycles. The van der Waals surface area contributed by atoms with Crippen LogP contribution in [-0.2, 0) is 0 Å². The van der Waals surface area contributed by atoms with Gasteiger partial charge in [0.25, 0.3) is 0 Å². The van der Waals surface area contributed by atoms with Crippen molar-refractivity contribution >= 4 is 6.21 Å². The number of hydrogen-bond acceptors (Lipinski definition) is 4. The minimum atomic E-state index is 0.492. The molecular formula is C13H25N3O. The number of piperidine rings is 2. The van der Waals surface area contributed by atoms with Crippen molar-refractivity contribution in [2.75, 3.05) is 39.3 Å². The first-order valence-electron chi connectivity index (χ1n) is 7.01. The quantitative estimate of drug-likeness (QED) is 0.460. The Morgan fingerprint density at radius 3 is 2.12 bits per heavy atom. The summed E-state index contributed by atoms with van der Waals surface area (Å²) in [7, 11) is 0. The fraction of sp³-hybridized carbons (Fsp3) is 0.923. The molecule has 2 rings (SSSR count). The van der Waals surface area contributed by atoms with Crippen LogP contribution in [0.3, 0.4) is 0 Å². The van der Waals surface area contributed by atoms with Crippen LogP contribution < -0.4 is 0 Å². The maximum absolute atomic E-state index is 8.51. The monoisotopic (exact) mass is 239 g/mol. The van der Waals surface area contributed by atoms with Crippen LogP contribution in [0.5, 0.6) is 0 Å². The molecule has 0 unspecified atom stereocenters. The molecule has 2 fully saturated rings. The van der Waals surface area contributed by atoms with Crippen molar-refractivity contribution in [1.82, 2.24) is 9.80 Å². The van der Waals surface area contributed by atoms with Crippen LogP contribution in [0.25, 0.3) is 0 Å². The van der Waals surface area contributed by atoms with Gasteiger partial charge in [0.2, 0.25) is 0 Å². The third kappa shape index (κ3) is 4.28. The van der Waals surface area contributed by atoms with Crippen LogP contribution >= 0.6 is 0 Å². The summed E-state index contributed by atoms with van der Waals surface area (Å²) in [5, 5.41) is 11.7. The Kier molecular flexibility index (Phi) is 5.26. The zero-order chi connectivity index (χ0) is 11.9. The summed E-state index contributed by atoms with van der Waals surface area (Å²) in [6.07, 6.45) is 8.17. The summed E-state index contributed by atoms with van der Waals surface area (Å²) in [6, 6.07) is 0. The predicted molar refractivity (Wildman–Crippen MR) is 69.7 cm³/mol. The summed E-state index contributed by atoms with van der Waals surface area (Å²) in [4.78, 5) is 5.15. The molecule has 98 valence electrons. The van der Waals surface area contributed by atoms with Gasteiger partial charge in [-0.3, -0.25) is 0 Å². The Balaban J connectivity index is 1.61. The van der Waals surface area contributed by atoms with E-state index in [1.807, 2.05) is 0 Å². The second kappa shape index (κ2) is 6.97. The highest BCUT2D eigenvalue weighted by Crippen LogP contribution is 2.15. The van der Waals surface area contributed by atoms with Crippen LogP contribution in [0.15, 0.2) is 5.16 Å². The molecule has 0 atom stereocenters. The highest BCUT2D eigenvalue weighted by atomic mass is 16.4. The van der Waals surface area contributed by atoms with E-state index in [4.69, 9.17) is 5.21 Å². The predicted octanol–water partition coefficient (Wildman–Crippen LogP) is 1.64. The Morgan fingerprint density at radius 2 is 1.53 bits per heavy atom. The second-order valence-corrected chi connectivity index (χ2v) is 5.35. The lowest BCUT2D eigenvalue weighted by atomic mass is 9.98. The summed E-state index contributed by atoms with van der Waals surface area (Å²) in [5.41, 5.74) is 0. The number of nitrogens with zero attached hydrogens (tertiary/aromatic N) is 3. The number of rotatable bonds is 4. The molecule has 2 heterocycles. The average molecular weight is 239 g/mol. The number of likely N-dealkylation sites (tertiary alicyclic amines) is 2. The Hall–Kier alpha value is -0.610. The largest absolute Gasteiger partial charge is 0.411 e. The van der Waals surface area contributed by atoms with E-state index in [1.54, 1.807) is 6.21 Å². The molecule has 0 saturated carbocycles. The van der Waals surface area contributed by atoms with Gasteiger partial charge in [0.05, 0.1) is 0 Å². The van der Waals surface area contributed by atoms with Crippen molar-refractivity contribution in [2.45, 2.75) is 32.1 Å². The molecule has 0 spiro atoms. The van der Waals surface area contributed by atoms with Crippen molar-refractivity contribution in [3.05, 3.63) is 0 Å². The molecule has 2 saturated heterocycles. The second-order valence-electron chi connectivity index (χ2n) is 5.35.